The molecule has 0 aliphatic carbocycles. The Morgan fingerprint density at radius 3 is 2.40 bits per heavy atom. The molecule has 5 nitrogen and oxygen atoms in total. The van der Waals surface area contributed by atoms with Crippen LogP contribution in [0.3, 0.4) is 0 Å². The van der Waals surface area contributed by atoms with Crippen molar-refractivity contribution >= 4 is 29.2 Å². The fourth-order valence-electron chi connectivity index (χ4n) is 5.97. The predicted octanol–water partition coefficient (Wildman–Crippen LogP) is 7.00. The number of ether oxygens (including phenoxy) is 2. The van der Waals surface area contributed by atoms with Gasteiger partial charge in [0.25, 0.3) is 0 Å². The number of esters is 1. The lowest BCUT2D eigenvalue weighted by atomic mass is 9.62. The lowest BCUT2D eigenvalue weighted by Crippen LogP contribution is -2.45. The first-order chi connectivity index (χ1) is 19.0. The number of halogens is 4. The smallest absolute Gasteiger partial charge is 0.323 e. The number of nitrogens with one attached hydrogen (secondary N) is 1. The zero-order valence-corrected chi connectivity index (χ0v) is 24.1. The van der Waals surface area contributed by atoms with Gasteiger partial charge >= 0.3 is 5.97 Å². The standard InChI is InChI=1S/C31H30Cl2F2N2O3/c1-30(2,15-18-8-11-20(39-3)12-9-18)16-25-31(17-36,22-13-10-19(32)14-24(22)34)26(28(37-25)29(38)40-4)21-6-5-7-23(33)27(21)35/h5-14,25-26,28,37H,15-16H2,1-4H3/t25-,26-,28-,31+/m0/s1. The number of hydrogen-bond donors (Lipinski definition) is 1. The van der Waals surface area contributed by atoms with Crippen LogP contribution in [-0.4, -0.2) is 32.3 Å². The summed E-state index contributed by atoms with van der Waals surface area (Å²) in [5, 5.41) is 14.2. The Kier molecular flexibility index (Phi) is 8.75. The molecule has 4 rings (SSSR count). The third kappa shape index (κ3) is 5.54. The van der Waals surface area contributed by atoms with E-state index in [-0.39, 0.29) is 21.2 Å². The second-order valence-corrected chi connectivity index (χ2v) is 11.7. The summed E-state index contributed by atoms with van der Waals surface area (Å²) in [7, 11) is 2.81. The summed E-state index contributed by atoms with van der Waals surface area (Å²) in [6.07, 6.45) is 0.944. The number of carbonyl (C=O) groups excluding carboxylic acids is 1. The maximum Gasteiger partial charge on any atom is 0.323 e. The molecule has 0 saturated carbocycles. The molecule has 0 amide bonds. The Bertz CT molecular complexity index is 1440. The van der Waals surface area contributed by atoms with Gasteiger partial charge in [-0.3, -0.25) is 10.1 Å². The van der Waals surface area contributed by atoms with E-state index in [1.807, 2.05) is 38.1 Å². The van der Waals surface area contributed by atoms with E-state index in [0.29, 0.717) is 12.8 Å². The SMILES string of the molecule is COC(=O)[C@H]1N[C@@H](CC(C)(C)Cc2ccc(OC)cc2)[C@@](C#N)(c2ccc(Cl)cc2F)[C@H]1c1cccc(Cl)c1F. The van der Waals surface area contributed by atoms with E-state index in [4.69, 9.17) is 32.7 Å². The van der Waals surface area contributed by atoms with Gasteiger partial charge in [-0.25, -0.2) is 8.78 Å². The molecule has 0 unspecified atom stereocenters. The first kappa shape index (κ1) is 29.8. The van der Waals surface area contributed by atoms with Crippen LogP contribution in [0.25, 0.3) is 0 Å². The highest BCUT2D eigenvalue weighted by molar-refractivity contribution is 6.31. The van der Waals surface area contributed by atoms with Crippen LogP contribution in [0.4, 0.5) is 8.78 Å². The van der Waals surface area contributed by atoms with Gasteiger partial charge in [-0.15, -0.1) is 0 Å². The van der Waals surface area contributed by atoms with Crippen molar-refractivity contribution in [1.82, 2.24) is 5.32 Å². The molecule has 3 aromatic carbocycles. The van der Waals surface area contributed by atoms with Crippen molar-refractivity contribution in [3.63, 3.8) is 0 Å². The number of hydrogen-bond acceptors (Lipinski definition) is 5. The van der Waals surface area contributed by atoms with Crippen LogP contribution in [0, 0.1) is 28.4 Å². The third-order valence-electron chi connectivity index (χ3n) is 7.69. The fourth-order valence-corrected chi connectivity index (χ4v) is 6.31. The summed E-state index contributed by atoms with van der Waals surface area (Å²) < 4.78 is 41.7. The molecule has 1 aliphatic heterocycles. The van der Waals surface area contributed by atoms with Crippen LogP contribution in [0.5, 0.6) is 5.75 Å². The molecule has 0 spiro atoms. The number of nitrogens with zero attached hydrogens (tertiary/aromatic N) is 1. The van der Waals surface area contributed by atoms with Crippen molar-refractivity contribution in [2.45, 2.75) is 50.1 Å². The monoisotopic (exact) mass is 586 g/mol. The first-order valence-corrected chi connectivity index (χ1v) is 13.5. The molecule has 1 fully saturated rings. The summed E-state index contributed by atoms with van der Waals surface area (Å²) in [6, 6.07) is 16.5. The van der Waals surface area contributed by atoms with Crippen molar-refractivity contribution < 1.29 is 23.0 Å². The molecule has 9 heteroatoms. The number of rotatable bonds is 8. The fraction of sp³-hybridized carbons (Fsp3) is 0.355. The van der Waals surface area contributed by atoms with Crippen LogP contribution in [0.15, 0.2) is 60.7 Å². The summed E-state index contributed by atoms with van der Waals surface area (Å²) in [4.78, 5) is 13.2. The summed E-state index contributed by atoms with van der Waals surface area (Å²) >= 11 is 12.2. The molecule has 1 aliphatic rings. The van der Waals surface area contributed by atoms with Crippen molar-refractivity contribution in [3.8, 4) is 11.8 Å². The largest absolute Gasteiger partial charge is 0.497 e. The Morgan fingerprint density at radius 1 is 1.10 bits per heavy atom. The van der Waals surface area contributed by atoms with E-state index in [9.17, 15) is 10.1 Å². The van der Waals surface area contributed by atoms with Crippen LogP contribution in [-0.2, 0) is 21.4 Å². The molecule has 210 valence electrons. The normalized spacial score (nSPS) is 22.5. The van der Waals surface area contributed by atoms with Gasteiger partial charge in [0, 0.05) is 22.5 Å². The van der Waals surface area contributed by atoms with E-state index in [0.717, 1.165) is 17.4 Å². The highest BCUT2D eigenvalue weighted by Crippen LogP contribution is 2.53. The van der Waals surface area contributed by atoms with Gasteiger partial charge in [-0.05, 0) is 59.7 Å². The molecule has 1 saturated heterocycles. The van der Waals surface area contributed by atoms with Gasteiger partial charge < -0.3 is 9.47 Å². The molecule has 0 bridgehead atoms. The van der Waals surface area contributed by atoms with Gasteiger partial charge in [-0.1, -0.05) is 67.4 Å². The maximum atomic E-state index is 15.7. The van der Waals surface area contributed by atoms with E-state index in [2.05, 4.69) is 11.4 Å². The van der Waals surface area contributed by atoms with Crippen LogP contribution in [0.2, 0.25) is 10.0 Å². The average Bonchev–Trinajstić information content (AvgIpc) is 3.23. The van der Waals surface area contributed by atoms with Crippen molar-refractivity contribution in [2.75, 3.05) is 14.2 Å². The molecule has 40 heavy (non-hydrogen) atoms. The number of benzene rings is 3. The molecule has 3 aromatic rings. The number of carbonyl (C=O) groups is 1. The van der Waals surface area contributed by atoms with Gasteiger partial charge in [0.2, 0.25) is 0 Å². The second-order valence-electron chi connectivity index (χ2n) is 10.8. The molecular weight excluding hydrogens is 557 g/mol. The highest BCUT2D eigenvalue weighted by Gasteiger charge is 2.61. The van der Waals surface area contributed by atoms with Crippen molar-refractivity contribution in [1.29, 1.82) is 5.26 Å². The summed E-state index contributed by atoms with van der Waals surface area (Å²) in [5.41, 5.74) is -1.11. The van der Waals surface area contributed by atoms with Crippen molar-refractivity contribution in [2.24, 2.45) is 5.41 Å². The molecule has 0 aromatic heterocycles. The second kappa shape index (κ2) is 11.7. The van der Waals surface area contributed by atoms with Gasteiger partial charge in [0.15, 0.2) is 0 Å². The lowest BCUT2D eigenvalue weighted by Gasteiger charge is -2.38. The quantitative estimate of drug-likeness (QED) is 0.288. The zero-order chi connectivity index (χ0) is 29.2. The molecule has 1 heterocycles. The Balaban J connectivity index is 1.89. The topological polar surface area (TPSA) is 71.3 Å². The molecule has 4 atom stereocenters. The van der Waals surface area contributed by atoms with Gasteiger partial charge in [-0.2, -0.15) is 5.26 Å². The summed E-state index contributed by atoms with van der Waals surface area (Å²) in [6.45, 7) is 4.05. The Hall–Kier alpha value is -3.18. The minimum atomic E-state index is -1.73. The zero-order valence-electron chi connectivity index (χ0n) is 22.6. The lowest BCUT2D eigenvalue weighted by molar-refractivity contribution is -0.143. The van der Waals surface area contributed by atoms with E-state index < -0.39 is 46.4 Å². The molecule has 0 radical (unpaired) electrons. The maximum absolute atomic E-state index is 15.7. The van der Waals surface area contributed by atoms with E-state index in [1.54, 1.807) is 7.11 Å². The van der Waals surface area contributed by atoms with Crippen LogP contribution >= 0.6 is 23.2 Å². The van der Waals surface area contributed by atoms with Crippen molar-refractivity contribution in [3.05, 3.63) is 99.0 Å². The average molecular weight is 587 g/mol. The third-order valence-corrected chi connectivity index (χ3v) is 8.21. The minimum absolute atomic E-state index is 0.00734. The Morgan fingerprint density at radius 2 is 1.80 bits per heavy atom. The van der Waals surface area contributed by atoms with E-state index in [1.165, 1.54) is 37.4 Å². The molecule has 1 N–H and O–H groups in total. The summed E-state index contributed by atoms with van der Waals surface area (Å²) in [5.74, 6) is -2.65. The van der Waals surface area contributed by atoms with Gasteiger partial charge in [0.05, 0.1) is 25.3 Å². The highest BCUT2D eigenvalue weighted by atomic mass is 35.5. The Labute approximate surface area is 243 Å². The van der Waals surface area contributed by atoms with Gasteiger partial charge in [0.1, 0.15) is 28.8 Å². The minimum Gasteiger partial charge on any atom is -0.497 e. The van der Waals surface area contributed by atoms with Crippen LogP contribution in [0.1, 0.15) is 42.9 Å². The molecular formula is C31H30Cl2F2N2O3. The van der Waals surface area contributed by atoms with E-state index >= 15 is 8.78 Å². The predicted molar refractivity (Wildman–Crippen MR) is 151 cm³/mol. The first-order valence-electron chi connectivity index (χ1n) is 12.7. The van der Waals surface area contributed by atoms with Crippen LogP contribution < -0.4 is 10.1 Å². The number of nitriles is 1. The number of methoxy groups -OCH3 is 2.